The Morgan fingerprint density at radius 2 is 1.97 bits per heavy atom. The lowest BCUT2D eigenvalue weighted by molar-refractivity contribution is -0.119. The number of carbonyl (C=O) groups is 1. The summed E-state index contributed by atoms with van der Waals surface area (Å²) in [5.41, 5.74) is 2.98. The van der Waals surface area contributed by atoms with Gasteiger partial charge >= 0.3 is 0 Å². The van der Waals surface area contributed by atoms with Crippen molar-refractivity contribution in [2.75, 3.05) is 35.8 Å². The summed E-state index contributed by atoms with van der Waals surface area (Å²) in [5, 5.41) is 7.53. The molecule has 34 heavy (non-hydrogen) atoms. The van der Waals surface area contributed by atoms with E-state index in [2.05, 4.69) is 20.4 Å². The molecular formula is C23H25F2N7O2. The van der Waals surface area contributed by atoms with Crippen LogP contribution >= 0.6 is 0 Å². The summed E-state index contributed by atoms with van der Waals surface area (Å²) in [6.45, 7) is 3.20. The van der Waals surface area contributed by atoms with Crippen molar-refractivity contribution in [3.05, 3.63) is 53.0 Å². The molecule has 1 amide bonds. The molecule has 0 fully saturated rings. The second-order valence-corrected chi connectivity index (χ2v) is 8.54. The summed E-state index contributed by atoms with van der Waals surface area (Å²) in [7, 11) is 3.10. The van der Waals surface area contributed by atoms with Crippen LogP contribution in [0.5, 0.6) is 5.75 Å². The lowest BCUT2D eigenvalue weighted by Gasteiger charge is -2.41. The maximum atomic E-state index is 14.0. The van der Waals surface area contributed by atoms with Gasteiger partial charge in [-0.05, 0) is 37.5 Å². The highest BCUT2D eigenvalue weighted by molar-refractivity contribution is 6.05. The van der Waals surface area contributed by atoms with Crippen LogP contribution < -0.4 is 19.9 Å². The third-order valence-electron chi connectivity index (χ3n) is 6.29. The number of methoxy groups -OCH3 is 1. The number of halogens is 2. The monoisotopic (exact) mass is 469 g/mol. The number of anilines is 3. The second-order valence-electron chi connectivity index (χ2n) is 8.54. The van der Waals surface area contributed by atoms with Crippen molar-refractivity contribution < 1.29 is 18.3 Å². The van der Waals surface area contributed by atoms with Gasteiger partial charge in [0.05, 0.1) is 25.5 Å². The van der Waals surface area contributed by atoms with Crippen LogP contribution in [-0.2, 0) is 24.3 Å². The maximum absolute atomic E-state index is 14.0. The molecule has 0 radical (unpaired) electrons. The van der Waals surface area contributed by atoms with Crippen LogP contribution in [0.15, 0.2) is 24.5 Å². The molecule has 2 aliphatic heterocycles. The molecule has 0 unspecified atom stereocenters. The fourth-order valence-electron chi connectivity index (χ4n) is 4.43. The predicted molar refractivity (Wildman–Crippen MR) is 122 cm³/mol. The van der Waals surface area contributed by atoms with Gasteiger partial charge in [0, 0.05) is 31.9 Å². The fraction of sp³-hybridized carbons (Fsp3) is 0.391. The number of amides is 1. The van der Waals surface area contributed by atoms with E-state index in [1.54, 1.807) is 22.0 Å². The number of hydrogen-bond acceptors (Lipinski definition) is 7. The third kappa shape index (κ3) is 3.80. The lowest BCUT2D eigenvalue weighted by Crippen LogP contribution is -2.53. The molecule has 11 heteroatoms. The topological polar surface area (TPSA) is 88.4 Å². The van der Waals surface area contributed by atoms with Crippen LogP contribution in [0.2, 0.25) is 0 Å². The van der Waals surface area contributed by atoms with Crippen molar-refractivity contribution in [1.29, 1.82) is 0 Å². The average molecular weight is 469 g/mol. The number of aromatic nitrogens is 4. The first-order chi connectivity index (χ1) is 16.4. The first kappa shape index (κ1) is 22.1. The molecule has 0 saturated carbocycles. The molecule has 178 valence electrons. The van der Waals surface area contributed by atoms with E-state index in [9.17, 15) is 13.6 Å². The zero-order chi connectivity index (χ0) is 24.0. The van der Waals surface area contributed by atoms with Crippen LogP contribution in [0.25, 0.3) is 0 Å². The molecule has 0 saturated heterocycles. The number of nitrogens with one attached hydrogen (secondary N) is 1. The number of ether oxygens (including phenoxy) is 1. The van der Waals surface area contributed by atoms with Gasteiger partial charge in [0.1, 0.15) is 11.7 Å². The highest BCUT2D eigenvalue weighted by Crippen LogP contribution is 2.39. The molecule has 0 spiro atoms. The SMILES string of the molecule is COc1c(F)cc(Cn2cc(CNc3nc4c5c(n3)N(C)[C@@H](C)C(=O)N5CCC4)cn2)cc1F. The van der Waals surface area contributed by atoms with Crippen molar-refractivity contribution in [3.8, 4) is 5.75 Å². The Morgan fingerprint density at radius 1 is 1.21 bits per heavy atom. The van der Waals surface area contributed by atoms with Crippen LogP contribution in [0.1, 0.15) is 30.2 Å². The third-order valence-corrected chi connectivity index (χ3v) is 6.29. The summed E-state index contributed by atoms with van der Waals surface area (Å²) in [4.78, 5) is 25.7. The number of hydrogen-bond donors (Lipinski definition) is 1. The molecule has 2 aliphatic rings. The van der Waals surface area contributed by atoms with Crippen molar-refractivity contribution in [2.24, 2.45) is 0 Å². The Hall–Kier alpha value is -3.76. The van der Waals surface area contributed by atoms with Crippen molar-refractivity contribution in [1.82, 2.24) is 19.7 Å². The molecule has 5 rings (SSSR count). The number of rotatable bonds is 6. The molecule has 0 bridgehead atoms. The first-order valence-electron chi connectivity index (χ1n) is 11.1. The summed E-state index contributed by atoms with van der Waals surface area (Å²) in [6, 6.07) is 2.19. The van der Waals surface area contributed by atoms with Crippen molar-refractivity contribution >= 4 is 23.4 Å². The van der Waals surface area contributed by atoms with Crippen LogP contribution in [0.3, 0.4) is 0 Å². The van der Waals surface area contributed by atoms with Gasteiger partial charge in [0.25, 0.3) is 0 Å². The number of carbonyl (C=O) groups excluding carboxylic acids is 1. The van der Waals surface area contributed by atoms with Gasteiger partial charge in [-0.3, -0.25) is 9.48 Å². The smallest absolute Gasteiger partial charge is 0.249 e. The largest absolute Gasteiger partial charge is 0.491 e. The summed E-state index contributed by atoms with van der Waals surface area (Å²) < 4.78 is 34.3. The van der Waals surface area contributed by atoms with Gasteiger partial charge in [-0.15, -0.1) is 0 Å². The van der Waals surface area contributed by atoms with E-state index in [0.29, 0.717) is 24.6 Å². The van der Waals surface area contributed by atoms with Crippen molar-refractivity contribution in [2.45, 2.75) is 38.9 Å². The summed E-state index contributed by atoms with van der Waals surface area (Å²) in [5.74, 6) is -0.594. The Labute approximate surface area is 195 Å². The van der Waals surface area contributed by atoms with Crippen LogP contribution in [-0.4, -0.2) is 52.4 Å². The van der Waals surface area contributed by atoms with Gasteiger partial charge in [0.15, 0.2) is 23.2 Å². The predicted octanol–water partition coefficient (Wildman–Crippen LogP) is 2.74. The molecular weight excluding hydrogens is 444 g/mol. The molecule has 1 aromatic carbocycles. The molecule has 0 aliphatic carbocycles. The summed E-state index contributed by atoms with van der Waals surface area (Å²) >= 11 is 0. The summed E-state index contributed by atoms with van der Waals surface area (Å²) in [6.07, 6.45) is 5.13. The van der Waals surface area contributed by atoms with Gasteiger partial charge in [-0.25, -0.2) is 13.8 Å². The fourth-order valence-corrected chi connectivity index (χ4v) is 4.43. The average Bonchev–Trinajstić information content (AvgIpc) is 3.26. The van der Waals surface area contributed by atoms with E-state index in [4.69, 9.17) is 4.74 Å². The quantitative estimate of drug-likeness (QED) is 0.594. The Kier molecular flexibility index (Phi) is 5.54. The number of nitrogens with zero attached hydrogens (tertiary/aromatic N) is 6. The maximum Gasteiger partial charge on any atom is 0.249 e. The van der Waals surface area contributed by atoms with Crippen LogP contribution in [0.4, 0.5) is 26.2 Å². The molecule has 4 heterocycles. The van der Waals surface area contributed by atoms with E-state index in [-0.39, 0.29) is 18.5 Å². The highest BCUT2D eigenvalue weighted by Gasteiger charge is 2.38. The minimum Gasteiger partial charge on any atom is -0.491 e. The number of benzene rings is 1. The van der Waals surface area contributed by atoms with E-state index < -0.39 is 17.4 Å². The zero-order valence-electron chi connectivity index (χ0n) is 19.2. The van der Waals surface area contributed by atoms with E-state index >= 15 is 0 Å². The standard InChI is InChI=1S/C23H25F2N7O2/c1-13-22(33)32-6-4-5-18-19(32)21(30(13)2)29-23(28-18)26-9-15-10-27-31(12-15)11-14-7-16(24)20(34-3)17(25)8-14/h7-8,10,12-13H,4-6,9,11H2,1-3H3,(H,26,28,29)/t13-/m0/s1. The zero-order valence-corrected chi connectivity index (χ0v) is 19.2. The highest BCUT2D eigenvalue weighted by atomic mass is 19.1. The molecule has 9 nitrogen and oxygen atoms in total. The van der Waals surface area contributed by atoms with Gasteiger partial charge in [-0.2, -0.15) is 10.1 Å². The molecule has 2 aromatic heterocycles. The van der Waals surface area contributed by atoms with E-state index in [1.807, 2.05) is 18.9 Å². The second kappa shape index (κ2) is 8.54. The van der Waals surface area contributed by atoms with Crippen molar-refractivity contribution in [3.63, 3.8) is 0 Å². The Morgan fingerprint density at radius 3 is 2.71 bits per heavy atom. The molecule has 1 atom stereocenters. The van der Waals surface area contributed by atoms with Crippen LogP contribution in [0, 0.1) is 11.6 Å². The van der Waals surface area contributed by atoms with Gasteiger partial charge in [0.2, 0.25) is 11.9 Å². The minimum absolute atomic E-state index is 0.0734. The molecule has 1 N–H and O–H groups in total. The minimum atomic E-state index is -0.750. The van der Waals surface area contributed by atoms with E-state index in [0.717, 1.165) is 35.6 Å². The van der Waals surface area contributed by atoms with E-state index in [1.165, 1.54) is 19.2 Å². The van der Waals surface area contributed by atoms with Gasteiger partial charge < -0.3 is 19.9 Å². The first-order valence-corrected chi connectivity index (χ1v) is 11.1. The molecule has 3 aromatic rings. The number of aryl methyl sites for hydroxylation is 1. The number of likely N-dealkylation sites (N-methyl/N-ethyl adjacent to an activating group) is 1. The Balaban J connectivity index is 1.31. The van der Waals surface area contributed by atoms with Gasteiger partial charge in [-0.1, -0.05) is 0 Å². The lowest BCUT2D eigenvalue weighted by atomic mass is 10.0. The Bertz CT molecular complexity index is 1240. The normalized spacial score (nSPS) is 17.1.